The molecule has 0 radical (unpaired) electrons. The van der Waals surface area contributed by atoms with Crippen LogP contribution in [0.2, 0.25) is 5.02 Å². The number of benzene rings is 3. The molecule has 4 rings (SSSR count). The number of amides is 1. The van der Waals surface area contributed by atoms with Crippen molar-refractivity contribution in [3.05, 3.63) is 106 Å². The molecule has 1 amide bonds. The molecular weight excluding hydrogens is 471 g/mol. The standard InChI is InChI=1S/C26H24ClFN4OS/c1-17-4-3-5-20(12-17)16-34-26-31-30-24(32(26)23-14-21(27)9-6-18(23)2)15-29-25(33)13-19-7-10-22(28)11-8-19/h3-12,14H,13,15-16H2,1-2H3,(H,29,33). The van der Waals surface area contributed by atoms with Gasteiger partial charge in [0.1, 0.15) is 5.82 Å². The largest absolute Gasteiger partial charge is 0.348 e. The van der Waals surface area contributed by atoms with Gasteiger partial charge in [0, 0.05) is 10.8 Å². The normalized spacial score (nSPS) is 10.9. The Morgan fingerprint density at radius 1 is 1.03 bits per heavy atom. The van der Waals surface area contributed by atoms with Gasteiger partial charge in [-0.1, -0.05) is 71.4 Å². The van der Waals surface area contributed by atoms with Crippen LogP contribution in [0.5, 0.6) is 0 Å². The first kappa shape index (κ1) is 24.0. The molecule has 0 saturated heterocycles. The molecule has 1 heterocycles. The summed E-state index contributed by atoms with van der Waals surface area (Å²) in [5.74, 6) is 0.823. The molecule has 1 N–H and O–H groups in total. The summed E-state index contributed by atoms with van der Waals surface area (Å²) in [5.41, 5.74) is 5.01. The number of nitrogens with zero attached hydrogens (tertiary/aromatic N) is 3. The van der Waals surface area contributed by atoms with Gasteiger partial charge in [0.2, 0.25) is 5.91 Å². The number of aromatic nitrogens is 3. The fraction of sp³-hybridized carbons (Fsp3) is 0.192. The van der Waals surface area contributed by atoms with E-state index in [9.17, 15) is 9.18 Å². The smallest absolute Gasteiger partial charge is 0.224 e. The van der Waals surface area contributed by atoms with Crippen LogP contribution in [0.3, 0.4) is 0 Å². The molecule has 3 aromatic carbocycles. The molecule has 8 heteroatoms. The van der Waals surface area contributed by atoms with Gasteiger partial charge in [-0.25, -0.2) is 4.39 Å². The minimum absolute atomic E-state index is 0.152. The average molecular weight is 495 g/mol. The van der Waals surface area contributed by atoms with E-state index >= 15 is 0 Å². The first-order valence-electron chi connectivity index (χ1n) is 10.8. The Balaban J connectivity index is 1.55. The monoisotopic (exact) mass is 494 g/mol. The molecule has 0 spiro atoms. The summed E-state index contributed by atoms with van der Waals surface area (Å²) in [6, 6.07) is 19.9. The van der Waals surface area contributed by atoms with Crippen molar-refractivity contribution in [2.75, 3.05) is 0 Å². The van der Waals surface area contributed by atoms with Crippen LogP contribution in [0.25, 0.3) is 5.69 Å². The van der Waals surface area contributed by atoms with E-state index < -0.39 is 0 Å². The first-order valence-corrected chi connectivity index (χ1v) is 12.2. The lowest BCUT2D eigenvalue weighted by Crippen LogP contribution is -2.26. The van der Waals surface area contributed by atoms with Crippen molar-refractivity contribution in [2.45, 2.75) is 37.7 Å². The van der Waals surface area contributed by atoms with Crippen molar-refractivity contribution in [1.82, 2.24) is 20.1 Å². The summed E-state index contributed by atoms with van der Waals surface area (Å²) in [5, 5.41) is 13.0. The molecule has 174 valence electrons. The lowest BCUT2D eigenvalue weighted by atomic mass is 10.1. The van der Waals surface area contributed by atoms with Crippen LogP contribution in [0, 0.1) is 19.7 Å². The summed E-state index contributed by atoms with van der Waals surface area (Å²) in [6.45, 7) is 4.26. The number of carbonyl (C=O) groups excluding carboxylic acids is 1. The van der Waals surface area contributed by atoms with Crippen molar-refractivity contribution in [3.63, 3.8) is 0 Å². The van der Waals surface area contributed by atoms with Crippen LogP contribution in [0.4, 0.5) is 4.39 Å². The van der Waals surface area contributed by atoms with E-state index in [-0.39, 0.29) is 24.7 Å². The predicted molar refractivity (Wildman–Crippen MR) is 134 cm³/mol. The van der Waals surface area contributed by atoms with Gasteiger partial charge in [0.05, 0.1) is 18.7 Å². The summed E-state index contributed by atoms with van der Waals surface area (Å²) in [6.07, 6.45) is 0.152. The number of nitrogens with one attached hydrogen (secondary N) is 1. The van der Waals surface area contributed by atoms with E-state index in [0.29, 0.717) is 10.8 Å². The Kier molecular flexibility index (Phi) is 7.65. The summed E-state index contributed by atoms with van der Waals surface area (Å²) in [7, 11) is 0. The van der Waals surface area contributed by atoms with Gasteiger partial charge in [0.15, 0.2) is 11.0 Å². The second-order valence-electron chi connectivity index (χ2n) is 8.02. The number of thioether (sulfide) groups is 1. The fourth-order valence-corrected chi connectivity index (χ4v) is 4.62. The maximum Gasteiger partial charge on any atom is 0.224 e. The molecule has 4 aromatic rings. The van der Waals surface area contributed by atoms with Crippen LogP contribution >= 0.6 is 23.4 Å². The SMILES string of the molecule is Cc1cccc(CSc2nnc(CNC(=O)Cc3ccc(F)cc3)n2-c2cc(Cl)ccc2C)c1. The van der Waals surface area contributed by atoms with Crippen LogP contribution in [-0.2, 0) is 23.5 Å². The summed E-state index contributed by atoms with van der Waals surface area (Å²) < 4.78 is 15.1. The number of hydrogen-bond donors (Lipinski definition) is 1. The molecule has 1 aromatic heterocycles. The Morgan fingerprint density at radius 2 is 1.82 bits per heavy atom. The number of rotatable bonds is 8. The van der Waals surface area contributed by atoms with Crippen molar-refractivity contribution >= 4 is 29.3 Å². The third kappa shape index (κ3) is 6.04. The Bertz CT molecular complexity index is 1310. The number of carbonyl (C=O) groups is 1. The zero-order valence-corrected chi connectivity index (χ0v) is 20.5. The van der Waals surface area contributed by atoms with Crippen molar-refractivity contribution in [3.8, 4) is 5.69 Å². The van der Waals surface area contributed by atoms with Gasteiger partial charge in [-0.05, 0) is 54.8 Å². The lowest BCUT2D eigenvalue weighted by molar-refractivity contribution is -0.120. The highest BCUT2D eigenvalue weighted by Gasteiger charge is 2.17. The maximum absolute atomic E-state index is 13.1. The molecule has 0 aliphatic carbocycles. The maximum atomic E-state index is 13.1. The highest BCUT2D eigenvalue weighted by molar-refractivity contribution is 7.98. The van der Waals surface area contributed by atoms with Gasteiger partial charge in [0.25, 0.3) is 0 Å². The lowest BCUT2D eigenvalue weighted by Gasteiger charge is -2.14. The highest BCUT2D eigenvalue weighted by atomic mass is 35.5. The van der Waals surface area contributed by atoms with Crippen molar-refractivity contribution < 1.29 is 9.18 Å². The molecule has 0 aliphatic heterocycles. The summed E-state index contributed by atoms with van der Waals surface area (Å²) in [4.78, 5) is 12.5. The topological polar surface area (TPSA) is 59.8 Å². The third-order valence-corrected chi connectivity index (χ3v) is 6.52. The van der Waals surface area contributed by atoms with E-state index in [1.807, 2.05) is 35.8 Å². The molecule has 34 heavy (non-hydrogen) atoms. The molecule has 0 aliphatic rings. The number of halogens is 2. The van der Waals surface area contributed by atoms with Crippen LogP contribution < -0.4 is 5.32 Å². The Labute approximate surface area is 207 Å². The van der Waals surface area contributed by atoms with E-state index in [1.54, 1.807) is 23.9 Å². The Morgan fingerprint density at radius 3 is 2.59 bits per heavy atom. The van der Waals surface area contributed by atoms with Crippen LogP contribution in [0.15, 0.2) is 71.9 Å². The van der Waals surface area contributed by atoms with Gasteiger partial charge in [-0.15, -0.1) is 10.2 Å². The predicted octanol–water partition coefficient (Wildman–Crippen LogP) is 5.83. The summed E-state index contributed by atoms with van der Waals surface area (Å²) >= 11 is 7.88. The van der Waals surface area contributed by atoms with E-state index in [4.69, 9.17) is 11.6 Å². The average Bonchev–Trinajstić information content (AvgIpc) is 3.22. The van der Waals surface area contributed by atoms with Crippen LogP contribution in [0.1, 0.15) is 28.1 Å². The minimum atomic E-state index is -0.329. The number of aryl methyl sites for hydroxylation is 2. The second-order valence-corrected chi connectivity index (χ2v) is 9.40. The van der Waals surface area contributed by atoms with Crippen molar-refractivity contribution in [2.24, 2.45) is 0 Å². The van der Waals surface area contributed by atoms with Gasteiger partial charge in [-0.3, -0.25) is 9.36 Å². The molecule has 0 atom stereocenters. The molecule has 0 unspecified atom stereocenters. The molecule has 0 saturated carbocycles. The fourth-order valence-electron chi connectivity index (χ4n) is 3.55. The zero-order valence-electron chi connectivity index (χ0n) is 18.9. The van der Waals surface area contributed by atoms with Crippen molar-refractivity contribution in [1.29, 1.82) is 0 Å². The molecule has 0 fully saturated rings. The van der Waals surface area contributed by atoms with Crippen LogP contribution in [-0.4, -0.2) is 20.7 Å². The minimum Gasteiger partial charge on any atom is -0.348 e. The second kappa shape index (κ2) is 10.8. The molecule has 0 bridgehead atoms. The number of hydrogen-bond acceptors (Lipinski definition) is 4. The van der Waals surface area contributed by atoms with Gasteiger partial charge in [-0.2, -0.15) is 0 Å². The zero-order chi connectivity index (χ0) is 24.1. The van der Waals surface area contributed by atoms with E-state index in [2.05, 4.69) is 40.6 Å². The quantitative estimate of drug-likeness (QED) is 0.313. The first-order chi connectivity index (χ1) is 16.4. The molecular formula is C26H24ClFN4OS. The van der Waals surface area contributed by atoms with E-state index in [0.717, 1.165) is 27.7 Å². The molecule has 5 nitrogen and oxygen atoms in total. The van der Waals surface area contributed by atoms with Gasteiger partial charge < -0.3 is 5.32 Å². The third-order valence-electron chi connectivity index (χ3n) is 5.28. The van der Waals surface area contributed by atoms with Gasteiger partial charge >= 0.3 is 0 Å². The van der Waals surface area contributed by atoms with E-state index in [1.165, 1.54) is 23.3 Å². The Hall–Kier alpha value is -3.16. The highest BCUT2D eigenvalue weighted by Crippen LogP contribution is 2.28.